The zero-order valence-electron chi connectivity index (χ0n) is 11.3. The lowest BCUT2D eigenvalue weighted by atomic mass is 9.97. The van der Waals surface area contributed by atoms with Gasteiger partial charge in [0.1, 0.15) is 0 Å². The lowest BCUT2D eigenvalue weighted by molar-refractivity contribution is -0.126. The molecular weight excluding hydrogens is 216 g/mol. The average Bonchev–Trinajstić information content (AvgIpc) is 2.64. The van der Waals surface area contributed by atoms with Crippen molar-refractivity contribution in [1.29, 1.82) is 0 Å². The minimum atomic E-state index is -0.160. The molecule has 3 unspecified atom stereocenters. The molecule has 0 aromatic rings. The lowest BCUT2D eigenvalue weighted by Gasteiger charge is -2.25. The maximum Gasteiger partial charge on any atom is 0.223 e. The number of ether oxygens (including phenoxy) is 1. The Hall–Kier alpha value is -0.610. The highest BCUT2D eigenvalue weighted by Crippen LogP contribution is 2.19. The van der Waals surface area contributed by atoms with Crippen molar-refractivity contribution in [3.8, 4) is 0 Å². The first kappa shape index (κ1) is 14.5. The van der Waals surface area contributed by atoms with Crippen LogP contribution >= 0.6 is 0 Å². The van der Waals surface area contributed by atoms with Crippen LogP contribution in [0.3, 0.4) is 0 Å². The second kappa shape index (κ2) is 6.36. The fraction of sp³-hybridized carbons (Fsp3) is 0.923. The second-order valence-corrected chi connectivity index (χ2v) is 5.66. The Kier molecular flexibility index (Phi) is 5.40. The van der Waals surface area contributed by atoms with Crippen LogP contribution in [0.15, 0.2) is 0 Å². The first-order valence-electron chi connectivity index (χ1n) is 6.58. The van der Waals surface area contributed by atoms with E-state index < -0.39 is 0 Å². The number of nitrogens with one attached hydrogen (secondary N) is 1. The van der Waals surface area contributed by atoms with Crippen molar-refractivity contribution in [2.75, 3.05) is 13.2 Å². The molecule has 0 aliphatic carbocycles. The highest BCUT2D eigenvalue weighted by molar-refractivity contribution is 5.79. The van der Waals surface area contributed by atoms with E-state index in [1.165, 1.54) is 0 Å². The number of rotatable bonds is 6. The predicted octanol–water partition coefficient (Wildman–Crippen LogP) is 1.44. The third-order valence-electron chi connectivity index (χ3n) is 3.39. The smallest absolute Gasteiger partial charge is 0.223 e. The summed E-state index contributed by atoms with van der Waals surface area (Å²) in [6.45, 7) is 7.41. The van der Waals surface area contributed by atoms with Crippen LogP contribution in [0.2, 0.25) is 0 Å². The molecule has 0 aromatic heterocycles. The quantitative estimate of drug-likeness (QED) is 0.740. The third kappa shape index (κ3) is 5.04. The van der Waals surface area contributed by atoms with Crippen LogP contribution in [0.1, 0.15) is 46.5 Å². The Balaban J connectivity index is 2.26. The van der Waals surface area contributed by atoms with E-state index in [1.54, 1.807) is 0 Å². The Morgan fingerprint density at radius 1 is 1.47 bits per heavy atom. The molecular formula is C13H26N2O2. The highest BCUT2D eigenvalue weighted by atomic mass is 16.5. The van der Waals surface area contributed by atoms with Gasteiger partial charge in [-0.15, -0.1) is 0 Å². The van der Waals surface area contributed by atoms with Crippen LogP contribution in [0.25, 0.3) is 0 Å². The van der Waals surface area contributed by atoms with Crippen molar-refractivity contribution in [3.63, 3.8) is 0 Å². The first-order valence-corrected chi connectivity index (χ1v) is 6.58. The van der Waals surface area contributed by atoms with E-state index in [0.717, 1.165) is 32.3 Å². The molecule has 3 atom stereocenters. The minimum absolute atomic E-state index is 0.0613. The normalized spacial score (nSPS) is 27.8. The van der Waals surface area contributed by atoms with Crippen LogP contribution in [-0.2, 0) is 9.53 Å². The van der Waals surface area contributed by atoms with Gasteiger partial charge in [-0.05, 0) is 33.1 Å². The number of hydrogen-bond donors (Lipinski definition) is 2. The van der Waals surface area contributed by atoms with Crippen LogP contribution in [-0.4, -0.2) is 30.7 Å². The molecule has 1 aliphatic rings. The molecule has 1 fully saturated rings. The Bertz CT molecular complexity index is 248. The average molecular weight is 242 g/mol. The highest BCUT2D eigenvalue weighted by Gasteiger charge is 2.32. The molecule has 0 bridgehead atoms. The monoisotopic (exact) mass is 242 g/mol. The van der Waals surface area contributed by atoms with Crippen molar-refractivity contribution < 1.29 is 9.53 Å². The Morgan fingerprint density at radius 3 is 2.71 bits per heavy atom. The van der Waals surface area contributed by atoms with Crippen molar-refractivity contribution >= 4 is 5.91 Å². The summed E-state index contributed by atoms with van der Waals surface area (Å²) in [5.74, 6) is 0.203. The van der Waals surface area contributed by atoms with E-state index in [9.17, 15) is 4.79 Å². The van der Waals surface area contributed by atoms with Crippen molar-refractivity contribution in [1.82, 2.24) is 5.32 Å². The molecule has 0 saturated carbocycles. The van der Waals surface area contributed by atoms with E-state index in [-0.39, 0.29) is 23.4 Å². The summed E-state index contributed by atoms with van der Waals surface area (Å²) in [4.78, 5) is 12.0. The largest absolute Gasteiger partial charge is 0.379 e. The lowest BCUT2D eigenvalue weighted by Crippen LogP contribution is -2.48. The minimum Gasteiger partial charge on any atom is -0.379 e. The number of nitrogens with two attached hydrogens (primary N) is 1. The Labute approximate surface area is 104 Å². The zero-order chi connectivity index (χ0) is 12.9. The molecule has 0 spiro atoms. The summed E-state index contributed by atoms with van der Waals surface area (Å²) in [5, 5.41) is 3.10. The molecule has 4 heteroatoms. The van der Waals surface area contributed by atoms with E-state index in [4.69, 9.17) is 10.5 Å². The summed E-state index contributed by atoms with van der Waals surface area (Å²) >= 11 is 0. The predicted molar refractivity (Wildman–Crippen MR) is 68.6 cm³/mol. The van der Waals surface area contributed by atoms with Gasteiger partial charge in [-0.1, -0.05) is 13.3 Å². The topological polar surface area (TPSA) is 64.4 Å². The number of carbonyl (C=O) groups is 1. The van der Waals surface area contributed by atoms with Gasteiger partial charge in [-0.25, -0.2) is 0 Å². The molecule has 4 nitrogen and oxygen atoms in total. The van der Waals surface area contributed by atoms with Gasteiger partial charge in [0, 0.05) is 18.6 Å². The molecule has 17 heavy (non-hydrogen) atoms. The van der Waals surface area contributed by atoms with E-state index in [2.05, 4.69) is 5.32 Å². The molecule has 3 N–H and O–H groups in total. The number of amides is 1. The van der Waals surface area contributed by atoms with Gasteiger partial charge in [-0.3, -0.25) is 4.79 Å². The first-order chi connectivity index (χ1) is 7.93. The van der Waals surface area contributed by atoms with Gasteiger partial charge in [0.2, 0.25) is 5.91 Å². The molecule has 0 aromatic carbocycles. The van der Waals surface area contributed by atoms with Gasteiger partial charge in [0.15, 0.2) is 0 Å². The summed E-state index contributed by atoms with van der Waals surface area (Å²) in [7, 11) is 0. The van der Waals surface area contributed by atoms with Crippen molar-refractivity contribution in [3.05, 3.63) is 0 Å². The molecule has 1 saturated heterocycles. The standard InChI is InChI=1S/C13H26N2O2/c1-10(5-4-6-11(2)14)12(16)15-13(3)7-8-17-9-13/h10-11H,4-9,14H2,1-3H3,(H,15,16). The van der Waals surface area contributed by atoms with Gasteiger partial charge < -0.3 is 15.8 Å². The molecule has 1 amide bonds. The van der Waals surface area contributed by atoms with Crippen LogP contribution in [0, 0.1) is 5.92 Å². The molecule has 1 rings (SSSR count). The fourth-order valence-electron chi connectivity index (χ4n) is 2.06. The van der Waals surface area contributed by atoms with Crippen LogP contribution in [0.4, 0.5) is 0 Å². The van der Waals surface area contributed by atoms with Gasteiger partial charge in [-0.2, -0.15) is 0 Å². The van der Waals surface area contributed by atoms with Gasteiger partial charge >= 0.3 is 0 Å². The van der Waals surface area contributed by atoms with Crippen LogP contribution in [0.5, 0.6) is 0 Å². The number of carbonyl (C=O) groups excluding carboxylic acids is 1. The van der Waals surface area contributed by atoms with Gasteiger partial charge in [0.25, 0.3) is 0 Å². The zero-order valence-corrected chi connectivity index (χ0v) is 11.3. The summed E-state index contributed by atoms with van der Waals surface area (Å²) < 4.78 is 5.32. The maximum absolute atomic E-state index is 12.0. The fourth-order valence-corrected chi connectivity index (χ4v) is 2.06. The third-order valence-corrected chi connectivity index (χ3v) is 3.39. The summed E-state index contributed by atoms with van der Waals surface area (Å²) in [6, 6.07) is 0.228. The van der Waals surface area contributed by atoms with Gasteiger partial charge in [0.05, 0.1) is 12.1 Å². The summed E-state index contributed by atoms with van der Waals surface area (Å²) in [6.07, 6.45) is 3.81. The SMILES string of the molecule is CC(N)CCCC(C)C(=O)NC1(C)CCOC1. The number of hydrogen-bond acceptors (Lipinski definition) is 3. The molecule has 1 aliphatic heterocycles. The molecule has 0 radical (unpaired) electrons. The second-order valence-electron chi connectivity index (χ2n) is 5.66. The molecule has 100 valence electrons. The maximum atomic E-state index is 12.0. The van der Waals surface area contributed by atoms with Crippen molar-refractivity contribution in [2.45, 2.75) is 58.0 Å². The summed E-state index contributed by atoms with van der Waals surface area (Å²) in [5.41, 5.74) is 5.53. The van der Waals surface area contributed by atoms with E-state index in [1.807, 2.05) is 20.8 Å². The van der Waals surface area contributed by atoms with Crippen LogP contribution < -0.4 is 11.1 Å². The van der Waals surface area contributed by atoms with E-state index in [0.29, 0.717) is 6.61 Å². The molecule has 1 heterocycles. The Morgan fingerprint density at radius 2 is 2.18 bits per heavy atom. The van der Waals surface area contributed by atoms with Crippen molar-refractivity contribution in [2.24, 2.45) is 11.7 Å². The van der Waals surface area contributed by atoms with E-state index >= 15 is 0 Å².